The fraction of sp³-hybridized carbons (Fsp3) is 0.333. The molecule has 0 unspecified atom stereocenters. The van der Waals surface area contributed by atoms with Crippen LogP contribution in [0.25, 0.3) is 0 Å². The topological polar surface area (TPSA) is 84.0 Å². The van der Waals surface area contributed by atoms with Gasteiger partial charge in [-0.15, -0.1) is 0 Å². The van der Waals surface area contributed by atoms with E-state index in [1.54, 1.807) is 26.3 Å². The van der Waals surface area contributed by atoms with Crippen LogP contribution >= 0.6 is 0 Å². The summed E-state index contributed by atoms with van der Waals surface area (Å²) in [6.07, 6.45) is 0. The van der Waals surface area contributed by atoms with E-state index in [1.807, 2.05) is 43.3 Å². The van der Waals surface area contributed by atoms with Crippen LogP contribution in [0.15, 0.2) is 53.5 Å². The smallest absolute Gasteiger partial charge is 0.251 e. The minimum Gasteiger partial charge on any atom is -0.497 e. The molecule has 0 aliphatic heterocycles. The summed E-state index contributed by atoms with van der Waals surface area (Å²) in [5.74, 6) is 2.22. The normalized spacial score (nSPS) is 10.9. The highest BCUT2D eigenvalue weighted by Gasteiger charge is 2.03. The zero-order chi connectivity index (χ0) is 20.2. The van der Waals surface area contributed by atoms with Gasteiger partial charge in [0.05, 0.1) is 20.2 Å². The van der Waals surface area contributed by atoms with Crippen molar-refractivity contribution < 1.29 is 14.3 Å². The van der Waals surface area contributed by atoms with E-state index in [4.69, 9.17) is 9.47 Å². The minimum absolute atomic E-state index is 0.0954. The Hall–Kier alpha value is -3.22. The predicted octanol–water partition coefficient (Wildman–Crippen LogP) is 2.19. The molecule has 2 rings (SSSR count). The van der Waals surface area contributed by atoms with E-state index >= 15 is 0 Å². The van der Waals surface area contributed by atoms with Crippen LogP contribution in [0, 0.1) is 0 Å². The number of rotatable bonds is 9. The third-order valence-electron chi connectivity index (χ3n) is 3.93. The molecule has 2 aromatic carbocycles. The summed E-state index contributed by atoms with van der Waals surface area (Å²) in [6.45, 7) is 4.43. The minimum atomic E-state index is -0.0954. The quantitative estimate of drug-likeness (QED) is 0.351. The van der Waals surface area contributed by atoms with Crippen molar-refractivity contribution in [3.63, 3.8) is 0 Å². The first-order valence-corrected chi connectivity index (χ1v) is 9.26. The Kier molecular flexibility index (Phi) is 8.65. The molecule has 7 heteroatoms. The molecule has 0 saturated carbocycles. The monoisotopic (exact) mass is 384 g/mol. The molecule has 0 spiro atoms. The average molecular weight is 384 g/mol. The third kappa shape index (κ3) is 6.83. The van der Waals surface area contributed by atoms with E-state index in [0.717, 1.165) is 29.6 Å². The highest BCUT2D eigenvalue weighted by molar-refractivity contribution is 5.93. The zero-order valence-corrected chi connectivity index (χ0v) is 16.6. The van der Waals surface area contributed by atoms with Crippen LogP contribution in [0.3, 0.4) is 0 Å². The maximum absolute atomic E-state index is 11.6. The van der Waals surface area contributed by atoms with Gasteiger partial charge in [-0.05, 0) is 48.9 Å². The Labute approximate surface area is 166 Å². The number of hydrogen-bond donors (Lipinski definition) is 3. The van der Waals surface area contributed by atoms with Crippen LogP contribution in [0.1, 0.15) is 22.8 Å². The van der Waals surface area contributed by atoms with Crippen LogP contribution in [0.5, 0.6) is 11.5 Å². The maximum atomic E-state index is 11.6. The average Bonchev–Trinajstić information content (AvgIpc) is 2.75. The second-order valence-electron chi connectivity index (χ2n) is 5.92. The lowest BCUT2D eigenvalue weighted by Gasteiger charge is -2.12. The van der Waals surface area contributed by atoms with Crippen molar-refractivity contribution >= 4 is 11.9 Å². The Morgan fingerprint density at radius 3 is 2.29 bits per heavy atom. The summed E-state index contributed by atoms with van der Waals surface area (Å²) < 4.78 is 10.8. The van der Waals surface area contributed by atoms with Crippen LogP contribution in [0.2, 0.25) is 0 Å². The van der Waals surface area contributed by atoms with E-state index in [-0.39, 0.29) is 5.91 Å². The van der Waals surface area contributed by atoms with Crippen molar-refractivity contribution in [1.82, 2.24) is 16.0 Å². The number of carbonyl (C=O) groups excluding carboxylic acids is 1. The predicted molar refractivity (Wildman–Crippen MR) is 111 cm³/mol. The van der Waals surface area contributed by atoms with Crippen LogP contribution in [-0.4, -0.2) is 45.7 Å². The maximum Gasteiger partial charge on any atom is 0.251 e. The zero-order valence-electron chi connectivity index (χ0n) is 16.6. The highest BCUT2D eigenvalue weighted by Crippen LogP contribution is 2.16. The number of methoxy groups -OCH3 is 1. The van der Waals surface area contributed by atoms with Gasteiger partial charge in [0, 0.05) is 19.2 Å². The van der Waals surface area contributed by atoms with Gasteiger partial charge >= 0.3 is 0 Å². The van der Waals surface area contributed by atoms with Gasteiger partial charge < -0.3 is 25.4 Å². The number of hydrogen-bond acceptors (Lipinski definition) is 4. The lowest BCUT2D eigenvalue weighted by Crippen LogP contribution is -2.39. The number of ether oxygens (including phenoxy) is 2. The Morgan fingerprint density at radius 1 is 1.00 bits per heavy atom. The molecule has 0 aliphatic rings. The van der Waals surface area contributed by atoms with E-state index in [2.05, 4.69) is 20.9 Å². The summed E-state index contributed by atoms with van der Waals surface area (Å²) in [7, 11) is 3.25. The molecule has 7 nitrogen and oxygen atoms in total. The van der Waals surface area contributed by atoms with E-state index < -0.39 is 0 Å². The molecule has 1 amide bonds. The number of nitrogens with one attached hydrogen (secondary N) is 3. The molecule has 2 aromatic rings. The molecule has 0 radical (unpaired) electrons. The molecule has 3 N–H and O–H groups in total. The molecule has 0 saturated heterocycles. The van der Waals surface area contributed by atoms with Gasteiger partial charge in [0.15, 0.2) is 5.96 Å². The first-order valence-electron chi connectivity index (χ1n) is 9.26. The summed E-state index contributed by atoms with van der Waals surface area (Å²) in [6, 6.07) is 14.9. The SMILES string of the molecule is CCNC(=NCc1ccc(C(=O)NC)cc1)NCCOc1ccc(OC)cc1. The first-order chi connectivity index (χ1) is 13.7. The Morgan fingerprint density at radius 2 is 1.68 bits per heavy atom. The summed E-state index contributed by atoms with van der Waals surface area (Å²) in [5, 5.41) is 9.06. The molecule has 0 aromatic heterocycles. The lowest BCUT2D eigenvalue weighted by molar-refractivity contribution is 0.0963. The van der Waals surface area contributed by atoms with Crippen LogP contribution < -0.4 is 25.4 Å². The second kappa shape index (κ2) is 11.5. The van der Waals surface area contributed by atoms with Crippen molar-refractivity contribution in [3.8, 4) is 11.5 Å². The number of nitrogens with zero attached hydrogens (tertiary/aromatic N) is 1. The van der Waals surface area contributed by atoms with Gasteiger partial charge in [-0.2, -0.15) is 0 Å². The van der Waals surface area contributed by atoms with Crippen molar-refractivity contribution in [2.45, 2.75) is 13.5 Å². The van der Waals surface area contributed by atoms with Crippen molar-refractivity contribution in [1.29, 1.82) is 0 Å². The second-order valence-corrected chi connectivity index (χ2v) is 5.92. The van der Waals surface area contributed by atoms with Gasteiger partial charge in [-0.25, -0.2) is 4.99 Å². The molecule has 0 fully saturated rings. The first kappa shape index (κ1) is 21.1. The summed E-state index contributed by atoms with van der Waals surface area (Å²) in [5.41, 5.74) is 1.66. The molecule has 150 valence electrons. The Balaban J connectivity index is 1.81. The highest BCUT2D eigenvalue weighted by atomic mass is 16.5. The summed E-state index contributed by atoms with van der Waals surface area (Å²) in [4.78, 5) is 16.1. The molecule has 0 heterocycles. The molecule has 28 heavy (non-hydrogen) atoms. The molecule has 0 bridgehead atoms. The van der Waals surface area contributed by atoms with Gasteiger partial charge in [0.2, 0.25) is 0 Å². The van der Waals surface area contributed by atoms with E-state index in [9.17, 15) is 4.79 Å². The lowest BCUT2D eigenvalue weighted by atomic mass is 10.1. The number of guanidine groups is 1. The van der Waals surface area contributed by atoms with Gasteiger partial charge in [-0.1, -0.05) is 12.1 Å². The largest absolute Gasteiger partial charge is 0.497 e. The van der Waals surface area contributed by atoms with Gasteiger partial charge in [0.1, 0.15) is 18.1 Å². The molecule has 0 aliphatic carbocycles. The summed E-state index contributed by atoms with van der Waals surface area (Å²) >= 11 is 0. The number of carbonyl (C=O) groups is 1. The number of benzene rings is 2. The molecule has 0 atom stereocenters. The van der Waals surface area contributed by atoms with Crippen LogP contribution in [0.4, 0.5) is 0 Å². The third-order valence-corrected chi connectivity index (χ3v) is 3.93. The van der Waals surface area contributed by atoms with Crippen molar-refractivity contribution in [2.24, 2.45) is 4.99 Å². The van der Waals surface area contributed by atoms with Crippen molar-refractivity contribution in [2.75, 3.05) is 33.9 Å². The number of amides is 1. The van der Waals surface area contributed by atoms with E-state index in [1.165, 1.54) is 0 Å². The molecular formula is C21H28N4O3. The van der Waals surface area contributed by atoms with Gasteiger partial charge in [-0.3, -0.25) is 4.79 Å². The Bertz CT molecular complexity index is 758. The van der Waals surface area contributed by atoms with Crippen molar-refractivity contribution in [3.05, 3.63) is 59.7 Å². The fourth-order valence-electron chi connectivity index (χ4n) is 2.43. The van der Waals surface area contributed by atoms with Gasteiger partial charge in [0.25, 0.3) is 5.91 Å². The fourth-order valence-corrected chi connectivity index (χ4v) is 2.43. The number of aliphatic imine (C=N–C) groups is 1. The molecular weight excluding hydrogens is 356 g/mol. The standard InChI is InChI=1S/C21H28N4O3/c1-4-23-21(24-13-14-28-19-11-9-18(27-3)10-12-19)25-15-16-5-7-17(8-6-16)20(26)22-2/h5-12H,4,13-15H2,1-3H3,(H,22,26)(H2,23,24,25). The van der Waals surface area contributed by atoms with Crippen LogP contribution in [-0.2, 0) is 6.54 Å². The van der Waals surface area contributed by atoms with E-state index in [0.29, 0.717) is 25.3 Å².